The Bertz CT molecular complexity index is 450. The number of nitrogens with one attached hydrogen (secondary N) is 1. The highest BCUT2D eigenvalue weighted by Crippen LogP contribution is 2.31. The second-order valence-corrected chi connectivity index (χ2v) is 4.12. The number of H-pyrrole nitrogens is 1. The topological polar surface area (TPSA) is 47.1 Å². The molecule has 4 nitrogen and oxygen atoms in total. The molecule has 0 unspecified atom stereocenters. The summed E-state index contributed by atoms with van der Waals surface area (Å²) in [5, 5.41) is 1.97. The lowest BCUT2D eigenvalue weighted by molar-refractivity contribution is 0.132. The van der Waals surface area contributed by atoms with E-state index in [1.54, 1.807) is 24.8 Å². The molecule has 0 aliphatic heterocycles. The summed E-state index contributed by atoms with van der Waals surface area (Å²) in [5.41, 5.74) is 1.95. The first-order valence-corrected chi connectivity index (χ1v) is 5.96. The minimum atomic E-state index is 0.537. The van der Waals surface area contributed by atoms with Gasteiger partial charge in [0.2, 0.25) is 0 Å². The average molecular weight is 238 g/mol. The molecule has 0 aliphatic rings. The summed E-state index contributed by atoms with van der Waals surface area (Å²) in [4.78, 5) is 8.50. The maximum Gasteiger partial charge on any atom is 0.130 e. The second kappa shape index (κ2) is 5.14. The molecule has 0 saturated carbocycles. The number of ether oxygens (including phenoxy) is 2. The normalized spacial score (nSPS) is 10.6. The fourth-order valence-electron chi connectivity index (χ4n) is 1.40. The van der Waals surface area contributed by atoms with E-state index < -0.39 is 0 Å². The van der Waals surface area contributed by atoms with Gasteiger partial charge in [-0.3, -0.25) is 0 Å². The number of imidazole rings is 1. The Kier molecular flexibility index (Phi) is 3.58. The third-order valence-corrected chi connectivity index (χ3v) is 3.14. The van der Waals surface area contributed by atoms with Crippen molar-refractivity contribution in [3.8, 4) is 16.3 Å². The molecule has 2 aromatic heterocycles. The monoisotopic (exact) mass is 238 g/mol. The zero-order valence-corrected chi connectivity index (χ0v) is 10.1. The number of aromatic amines is 1. The zero-order valence-electron chi connectivity index (χ0n) is 9.32. The Hall–Kier alpha value is -1.33. The van der Waals surface area contributed by atoms with E-state index in [4.69, 9.17) is 9.47 Å². The van der Waals surface area contributed by atoms with E-state index in [9.17, 15) is 0 Å². The minimum Gasteiger partial charge on any atom is -0.496 e. The predicted molar refractivity (Wildman–Crippen MR) is 63.8 cm³/mol. The SMILES string of the molecule is CCOCc1nc[nH]c1-c1cc(OC)cs1. The molecule has 0 fully saturated rings. The van der Waals surface area contributed by atoms with Crippen LogP contribution in [0.15, 0.2) is 17.8 Å². The van der Waals surface area contributed by atoms with Gasteiger partial charge in [-0.05, 0) is 6.92 Å². The summed E-state index contributed by atoms with van der Waals surface area (Å²) in [6.07, 6.45) is 1.69. The lowest BCUT2D eigenvalue weighted by Crippen LogP contribution is -1.93. The van der Waals surface area contributed by atoms with Crippen molar-refractivity contribution >= 4 is 11.3 Å². The van der Waals surface area contributed by atoms with Gasteiger partial charge in [-0.2, -0.15) is 0 Å². The van der Waals surface area contributed by atoms with Crippen molar-refractivity contribution in [1.29, 1.82) is 0 Å². The van der Waals surface area contributed by atoms with Crippen molar-refractivity contribution in [2.75, 3.05) is 13.7 Å². The lowest BCUT2D eigenvalue weighted by atomic mass is 10.3. The van der Waals surface area contributed by atoms with Crippen molar-refractivity contribution in [3.05, 3.63) is 23.5 Å². The molecule has 0 spiro atoms. The van der Waals surface area contributed by atoms with E-state index in [2.05, 4.69) is 9.97 Å². The van der Waals surface area contributed by atoms with Crippen LogP contribution in [0.4, 0.5) is 0 Å². The van der Waals surface area contributed by atoms with Crippen molar-refractivity contribution in [2.24, 2.45) is 0 Å². The van der Waals surface area contributed by atoms with Crippen LogP contribution in [0.2, 0.25) is 0 Å². The third kappa shape index (κ3) is 2.25. The quantitative estimate of drug-likeness (QED) is 0.871. The summed E-state index contributed by atoms with van der Waals surface area (Å²) in [5.74, 6) is 0.872. The van der Waals surface area contributed by atoms with Crippen LogP contribution in [0.25, 0.3) is 10.6 Å². The molecule has 2 aromatic rings. The molecule has 0 amide bonds. The van der Waals surface area contributed by atoms with Crippen molar-refractivity contribution in [1.82, 2.24) is 9.97 Å². The molecule has 2 heterocycles. The minimum absolute atomic E-state index is 0.537. The number of thiophene rings is 1. The number of aromatic nitrogens is 2. The molecule has 16 heavy (non-hydrogen) atoms. The lowest BCUT2D eigenvalue weighted by Gasteiger charge is -2.00. The number of methoxy groups -OCH3 is 1. The zero-order chi connectivity index (χ0) is 11.4. The molecular weight excluding hydrogens is 224 g/mol. The standard InChI is InChI=1S/C11H14N2O2S/c1-3-15-5-9-11(13-7-12-9)10-4-8(14-2)6-16-10/h4,6-7H,3,5H2,1-2H3,(H,12,13). The highest BCUT2D eigenvalue weighted by atomic mass is 32.1. The van der Waals surface area contributed by atoms with Crippen molar-refractivity contribution < 1.29 is 9.47 Å². The van der Waals surface area contributed by atoms with E-state index in [-0.39, 0.29) is 0 Å². The van der Waals surface area contributed by atoms with Gasteiger partial charge in [0.15, 0.2) is 0 Å². The van der Waals surface area contributed by atoms with Crippen molar-refractivity contribution in [2.45, 2.75) is 13.5 Å². The Labute approximate surface area is 98.2 Å². The second-order valence-electron chi connectivity index (χ2n) is 3.21. The van der Waals surface area contributed by atoms with E-state index in [0.717, 1.165) is 22.0 Å². The van der Waals surface area contributed by atoms with Gasteiger partial charge < -0.3 is 14.5 Å². The van der Waals surface area contributed by atoms with Crippen LogP contribution in [0.3, 0.4) is 0 Å². The van der Waals surface area contributed by atoms with Crippen LogP contribution in [-0.4, -0.2) is 23.7 Å². The van der Waals surface area contributed by atoms with Gasteiger partial charge in [0.05, 0.1) is 36.3 Å². The Morgan fingerprint density at radius 2 is 2.38 bits per heavy atom. The first kappa shape index (κ1) is 11.2. The average Bonchev–Trinajstić information content (AvgIpc) is 2.94. The van der Waals surface area contributed by atoms with Gasteiger partial charge in [0.25, 0.3) is 0 Å². The molecular formula is C11H14N2O2S. The summed E-state index contributed by atoms with van der Waals surface area (Å²) >= 11 is 1.63. The number of hydrogen-bond donors (Lipinski definition) is 1. The summed E-state index contributed by atoms with van der Waals surface area (Å²) in [6, 6.07) is 1.99. The summed E-state index contributed by atoms with van der Waals surface area (Å²) in [7, 11) is 1.67. The fraction of sp³-hybridized carbons (Fsp3) is 0.364. The van der Waals surface area contributed by atoms with Gasteiger partial charge in [0, 0.05) is 18.1 Å². The van der Waals surface area contributed by atoms with E-state index in [1.165, 1.54) is 0 Å². The highest BCUT2D eigenvalue weighted by molar-refractivity contribution is 7.13. The predicted octanol–water partition coefficient (Wildman–Crippen LogP) is 2.68. The van der Waals surface area contributed by atoms with Crippen LogP contribution in [0.5, 0.6) is 5.75 Å². The van der Waals surface area contributed by atoms with Crippen LogP contribution in [-0.2, 0) is 11.3 Å². The number of hydrogen-bond acceptors (Lipinski definition) is 4. The van der Waals surface area contributed by atoms with E-state index in [0.29, 0.717) is 13.2 Å². The maximum absolute atomic E-state index is 5.36. The smallest absolute Gasteiger partial charge is 0.130 e. The molecule has 5 heteroatoms. The summed E-state index contributed by atoms with van der Waals surface area (Å²) < 4.78 is 10.5. The largest absolute Gasteiger partial charge is 0.496 e. The maximum atomic E-state index is 5.36. The van der Waals surface area contributed by atoms with Gasteiger partial charge in [0.1, 0.15) is 5.75 Å². The highest BCUT2D eigenvalue weighted by Gasteiger charge is 2.10. The number of rotatable bonds is 5. The molecule has 0 bridgehead atoms. The molecule has 0 aromatic carbocycles. The van der Waals surface area contributed by atoms with E-state index in [1.807, 2.05) is 18.4 Å². The van der Waals surface area contributed by atoms with Gasteiger partial charge in [-0.15, -0.1) is 11.3 Å². The molecule has 0 saturated heterocycles. The first-order valence-electron chi connectivity index (χ1n) is 5.08. The molecule has 2 rings (SSSR count). The Morgan fingerprint density at radius 1 is 1.50 bits per heavy atom. The van der Waals surface area contributed by atoms with Crippen LogP contribution < -0.4 is 4.74 Å². The molecule has 0 atom stereocenters. The molecule has 1 N–H and O–H groups in total. The Morgan fingerprint density at radius 3 is 3.06 bits per heavy atom. The molecule has 0 aliphatic carbocycles. The van der Waals surface area contributed by atoms with E-state index >= 15 is 0 Å². The Balaban J connectivity index is 2.22. The van der Waals surface area contributed by atoms with Gasteiger partial charge >= 0.3 is 0 Å². The van der Waals surface area contributed by atoms with Crippen LogP contribution >= 0.6 is 11.3 Å². The van der Waals surface area contributed by atoms with Crippen molar-refractivity contribution in [3.63, 3.8) is 0 Å². The molecule has 86 valence electrons. The van der Waals surface area contributed by atoms with Gasteiger partial charge in [-0.25, -0.2) is 4.98 Å². The van der Waals surface area contributed by atoms with Gasteiger partial charge in [-0.1, -0.05) is 0 Å². The van der Waals surface area contributed by atoms with Crippen LogP contribution in [0.1, 0.15) is 12.6 Å². The number of nitrogens with zero attached hydrogens (tertiary/aromatic N) is 1. The van der Waals surface area contributed by atoms with Crippen LogP contribution in [0, 0.1) is 0 Å². The first-order chi connectivity index (χ1) is 7.85. The fourth-order valence-corrected chi connectivity index (χ4v) is 2.29. The third-order valence-electron chi connectivity index (χ3n) is 2.22. The summed E-state index contributed by atoms with van der Waals surface area (Å²) in [6.45, 7) is 3.20. The molecule has 0 radical (unpaired) electrons.